The molecule has 1 aromatic carbocycles. The number of halogens is 3. The van der Waals surface area contributed by atoms with Crippen molar-refractivity contribution in [1.82, 2.24) is 9.78 Å². The third kappa shape index (κ3) is 3.78. The van der Waals surface area contributed by atoms with Gasteiger partial charge in [-0.05, 0) is 30.0 Å². The first-order chi connectivity index (χ1) is 9.51. The van der Waals surface area contributed by atoms with Crippen LogP contribution in [0.1, 0.15) is 30.7 Å². The Bertz CT molecular complexity index is 594. The average molecular weight is 376 g/mol. The number of benzene rings is 1. The Morgan fingerprint density at radius 2 is 2.10 bits per heavy atom. The van der Waals surface area contributed by atoms with Crippen LogP contribution in [0.3, 0.4) is 0 Å². The zero-order chi connectivity index (χ0) is 14.7. The zero-order valence-corrected chi connectivity index (χ0v) is 14.6. The van der Waals surface area contributed by atoms with Gasteiger partial charge in [0.2, 0.25) is 0 Å². The van der Waals surface area contributed by atoms with Crippen molar-refractivity contribution in [2.24, 2.45) is 5.92 Å². The highest BCUT2D eigenvalue weighted by atomic mass is 79.9. The Morgan fingerprint density at radius 1 is 1.35 bits per heavy atom. The Hall–Kier alpha value is -0.510. The number of rotatable bonds is 5. The molecule has 1 heterocycles. The number of hydrogen-bond acceptors (Lipinski definition) is 1. The van der Waals surface area contributed by atoms with Crippen LogP contribution in [0.5, 0.6) is 0 Å². The van der Waals surface area contributed by atoms with Gasteiger partial charge >= 0.3 is 0 Å². The van der Waals surface area contributed by atoms with Gasteiger partial charge in [-0.15, -0.1) is 11.6 Å². The first kappa shape index (κ1) is 15.9. The maximum absolute atomic E-state index is 6.41. The van der Waals surface area contributed by atoms with E-state index in [4.69, 9.17) is 23.2 Å². The van der Waals surface area contributed by atoms with E-state index < -0.39 is 0 Å². The molecule has 0 bridgehead atoms. The second kappa shape index (κ2) is 6.97. The number of alkyl halides is 1. The Balaban J connectivity index is 2.30. The highest BCUT2D eigenvalue weighted by molar-refractivity contribution is 9.10. The lowest BCUT2D eigenvalue weighted by Crippen LogP contribution is -2.03. The number of hydrogen-bond donors (Lipinski definition) is 0. The van der Waals surface area contributed by atoms with Gasteiger partial charge in [-0.2, -0.15) is 5.10 Å². The van der Waals surface area contributed by atoms with Gasteiger partial charge in [0.05, 0.1) is 18.1 Å². The lowest BCUT2D eigenvalue weighted by Gasteiger charge is -2.04. The van der Waals surface area contributed by atoms with E-state index in [2.05, 4.69) is 47.0 Å². The zero-order valence-electron chi connectivity index (χ0n) is 11.5. The quantitative estimate of drug-likeness (QED) is 0.649. The fourth-order valence-corrected chi connectivity index (χ4v) is 3.19. The van der Waals surface area contributed by atoms with E-state index in [1.54, 1.807) is 0 Å². The summed E-state index contributed by atoms with van der Waals surface area (Å²) in [4.78, 5) is 0. The third-order valence-electron chi connectivity index (χ3n) is 3.02. The summed E-state index contributed by atoms with van der Waals surface area (Å²) in [5.41, 5.74) is 3.12. The largest absolute Gasteiger partial charge is 0.249 e. The molecule has 0 aliphatic carbocycles. The molecule has 0 amide bonds. The minimum atomic E-state index is 0.402. The van der Waals surface area contributed by atoms with E-state index in [0.29, 0.717) is 23.5 Å². The van der Waals surface area contributed by atoms with Crippen molar-refractivity contribution in [3.05, 3.63) is 50.7 Å². The molecule has 0 radical (unpaired) electrons. The van der Waals surface area contributed by atoms with E-state index in [1.165, 1.54) is 0 Å². The molecule has 0 atom stereocenters. The average Bonchev–Trinajstić information content (AvgIpc) is 2.64. The van der Waals surface area contributed by atoms with Crippen LogP contribution in [-0.4, -0.2) is 9.78 Å². The summed E-state index contributed by atoms with van der Waals surface area (Å²) in [5.74, 6) is 0.932. The van der Waals surface area contributed by atoms with Gasteiger partial charge < -0.3 is 0 Å². The highest BCUT2D eigenvalue weighted by Gasteiger charge is 2.16. The fourth-order valence-electron chi connectivity index (χ4n) is 2.12. The first-order valence-corrected chi connectivity index (χ1v) is 8.26. The van der Waals surface area contributed by atoms with Crippen molar-refractivity contribution in [3.8, 4) is 0 Å². The van der Waals surface area contributed by atoms with Crippen molar-refractivity contribution in [2.75, 3.05) is 0 Å². The van der Waals surface area contributed by atoms with Gasteiger partial charge in [0, 0.05) is 10.0 Å². The molecule has 0 saturated carbocycles. The van der Waals surface area contributed by atoms with Crippen molar-refractivity contribution in [2.45, 2.75) is 32.7 Å². The van der Waals surface area contributed by atoms with E-state index >= 15 is 0 Å². The topological polar surface area (TPSA) is 17.8 Å². The van der Waals surface area contributed by atoms with Crippen LogP contribution in [0.4, 0.5) is 0 Å². The molecule has 108 valence electrons. The summed E-state index contributed by atoms with van der Waals surface area (Å²) < 4.78 is 2.89. The molecule has 5 heteroatoms. The Morgan fingerprint density at radius 3 is 2.70 bits per heavy atom. The van der Waals surface area contributed by atoms with Gasteiger partial charge in [-0.25, -0.2) is 4.68 Å². The van der Waals surface area contributed by atoms with Crippen LogP contribution in [0.2, 0.25) is 5.15 Å². The molecule has 2 rings (SSSR count). The lowest BCUT2D eigenvalue weighted by atomic mass is 10.1. The molecule has 2 nitrogen and oxygen atoms in total. The molecule has 0 spiro atoms. The second-order valence-corrected chi connectivity index (χ2v) is 6.78. The minimum Gasteiger partial charge on any atom is -0.249 e. The maximum atomic E-state index is 6.41. The summed E-state index contributed by atoms with van der Waals surface area (Å²) in [6.07, 6.45) is 0.896. The predicted molar refractivity (Wildman–Crippen MR) is 88.6 cm³/mol. The van der Waals surface area contributed by atoms with E-state index in [1.807, 2.05) is 16.8 Å². The van der Waals surface area contributed by atoms with E-state index in [9.17, 15) is 0 Å². The molecule has 0 aliphatic rings. The van der Waals surface area contributed by atoms with Crippen molar-refractivity contribution in [1.29, 1.82) is 0 Å². The molecule has 0 aliphatic heterocycles. The highest BCUT2D eigenvalue weighted by Crippen LogP contribution is 2.25. The summed E-state index contributed by atoms with van der Waals surface area (Å²) in [5, 5.41) is 5.28. The van der Waals surface area contributed by atoms with Crippen LogP contribution in [-0.2, 0) is 18.8 Å². The summed E-state index contributed by atoms with van der Waals surface area (Å²) in [6, 6.07) is 8.14. The molecule has 20 heavy (non-hydrogen) atoms. The van der Waals surface area contributed by atoms with Crippen LogP contribution in [0, 0.1) is 5.92 Å². The monoisotopic (exact) mass is 374 g/mol. The van der Waals surface area contributed by atoms with Gasteiger partial charge in [-0.1, -0.05) is 53.5 Å². The van der Waals surface area contributed by atoms with Crippen molar-refractivity contribution in [3.63, 3.8) is 0 Å². The third-order valence-corrected chi connectivity index (χ3v) is 4.21. The molecule has 2 aromatic rings. The first-order valence-electron chi connectivity index (χ1n) is 6.55. The standard InChI is InChI=1S/C15H17BrCl2N2/c1-10(2)6-14-13(8-17)15(18)20(19-14)9-11-4-3-5-12(16)7-11/h3-5,7,10H,6,8-9H2,1-2H3. The van der Waals surface area contributed by atoms with Crippen LogP contribution in [0.25, 0.3) is 0 Å². The number of nitrogens with zero attached hydrogens (tertiary/aromatic N) is 2. The maximum Gasteiger partial charge on any atom is 0.132 e. The Labute approximate surface area is 138 Å². The normalized spacial score (nSPS) is 11.3. The molecule has 0 saturated heterocycles. The summed E-state index contributed by atoms with van der Waals surface area (Å²) in [7, 11) is 0. The molecular weight excluding hydrogens is 359 g/mol. The molecule has 1 aromatic heterocycles. The van der Waals surface area contributed by atoms with Crippen molar-refractivity contribution < 1.29 is 0 Å². The smallest absolute Gasteiger partial charge is 0.132 e. The lowest BCUT2D eigenvalue weighted by molar-refractivity contribution is 0.607. The fraction of sp³-hybridized carbons (Fsp3) is 0.400. The minimum absolute atomic E-state index is 0.402. The second-order valence-electron chi connectivity index (χ2n) is 5.24. The van der Waals surface area contributed by atoms with Gasteiger partial charge in [-0.3, -0.25) is 0 Å². The molecule has 0 unspecified atom stereocenters. The van der Waals surface area contributed by atoms with Gasteiger partial charge in [0.25, 0.3) is 0 Å². The molecular formula is C15H17BrCl2N2. The van der Waals surface area contributed by atoms with Crippen LogP contribution >= 0.6 is 39.1 Å². The number of aromatic nitrogens is 2. The van der Waals surface area contributed by atoms with Crippen LogP contribution in [0.15, 0.2) is 28.7 Å². The summed E-state index contributed by atoms with van der Waals surface area (Å²) >= 11 is 15.9. The van der Waals surface area contributed by atoms with E-state index in [-0.39, 0.29) is 0 Å². The van der Waals surface area contributed by atoms with Gasteiger partial charge in [0.15, 0.2) is 0 Å². The predicted octanol–water partition coefficient (Wildman–Crippen LogP) is 5.28. The van der Waals surface area contributed by atoms with Crippen molar-refractivity contribution >= 4 is 39.1 Å². The Kier molecular flexibility index (Phi) is 5.53. The van der Waals surface area contributed by atoms with Gasteiger partial charge in [0.1, 0.15) is 5.15 Å². The van der Waals surface area contributed by atoms with E-state index in [0.717, 1.165) is 27.7 Å². The summed E-state index contributed by atoms with van der Waals surface area (Å²) in [6.45, 7) is 4.98. The molecule has 0 N–H and O–H groups in total. The van der Waals surface area contributed by atoms with Crippen LogP contribution < -0.4 is 0 Å². The SMILES string of the molecule is CC(C)Cc1nn(Cc2cccc(Br)c2)c(Cl)c1CCl. The molecule has 0 fully saturated rings.